The molecule has 0 aliphatic rings. The van der Waals surface area contributed by atoms with Gasteiger partial charge in [0, 0.05) is 40.7 Å². The summed E-state index contributed by atoms with van der Waals surface area (Å²) in [6, 6.07) is 10.1. The number of hydrogen-bond donors (Lipinski definition) is 1. The highest BCUT2D eigenvalue weighted by molar-refractivity contribution is 7.13. The largest absolute Gasteiger partial charge is 0.344 e. The third kappa shape index (κ3) is 4.26. The average molecular weight is 418 g/mol. The molecule has 4 rings (SSSR count). The van der Waals surface area contributed by atoms with Crippen molar-refractivity contribution in [2.75, 3.05) is 0 Å². The topological polar surface area (TPSA) is 67.8 Å². The van der Waals surface area contributed by atoms with E-state index >= 15 is 0 Å². The number of thiazole rings is 1. The highest BCUT2D eigenvalue weighted by atomic mass is 32.1. The maximum Gasteiger partial charge on any atom is 0.251 e. The van der Waals surface area contributed by atoms with E-state index in [-0.39, 0.29) is 17.8 Å². The predicted octanol–water partition coefficient (Wildman–Crippen LogP) is 5.21. The van der Waals surface area contributed by atoms with E-state index in [0.29, 0.717) is 22.4 Å². The van der Waals surface area contributed by atoms with Gasteiger partial charge in [-0.2, -0.15) is 0 Å². The molecule has 2 aromatic carbocycles. The minimum Gasteiger partial charge on any atom is -0.344 e. The van der Waals surface area contributed by atoms with E-state index in [1.807, 2.05) is 31.4 Å². The second-order valence-electron chi connectivity index (χ2n) is 6.95. The second kappa shape index (κ2) is 8.51. The van der Waals surface area contributed by atoms with Gasteiger partial charge in [0.1, 0.15) is 10.8 Å². The van der Waals surface area contributed by atoms with Gasteiger partial charge in [0.25, 0.3) is 5.91 Å². The molecule has 1 N–H and O–H groups in total. The Morgan fingerprint density at radius 1 is 1.07 bits per heavy atom. The van der Waals surface area contributed by atoms with Gasteiger partial charge in [0.15, 0.2) is 0 Å². The molecule has 1 unspecified atom stereocenters. The van der Waals surface area contributed by atoms with Gasteiger partial charge in [-0.15, -0.1) is 11.3 Å². The maximum atomic E-state index is 14.6. The summed E-state index contributed by atoms with van der Waals surface area (Å²) in [5, 5.41) is 5.56. The summed E-state index contributed by atoms with van der Waals surface area (Å²) in [6.07, 6.45) is 6.48. The minimum atomic E-state index is -0.328. The summed E-state index contributed by atoms with van der Waals surface area (Å²) in [4.78, 5) is 25.6. The number of aryl methyl sites for hydroxylation is 1. The van der Waals surface area contributed by atoms with Crippen molar-refractivity contribution < 1.29 is 9.18 Å². The van der Waals surface area contributed by atoms with E-state index in [4.69, 9.17) is 0 Å². The fourth-order valence-electron chi connectivity index (χ4n) is 3.15. The molecule has 0 radical (unpaired) electrons. The maximum absolute atomic E-state index is 14.6. The Morgan fingerprint density at radius 3 is 2.60 bits per heavy atom. The van der Waals surface area contributed by atoms with Crippen LogP contribution in [0, 0.1) is 12.7 Å². The van der Waals surface area contributed by atoms with Crippen LogP contribution in [-0.4, -0.2) is 20.9 Å². The Labute approximate surface area is 177 Å². The molecule has 1 atom stereocenters. The van der Waals surface area contributed by atoms with Crippen LogP contribution in [0.5, 0.6) is 0 Å². The number of nitrogens with one attached hydrogen (secondary N) is 1. The summed E-state index contributed by atoms with van der Waals surface area (Å²) in [5.41, 5.74) is 3.75. The zero-order valence-corrected chi connectivity index (χ0v) is 17.3. The van der Waals surface area contributed by atoms with Crippen molar-refractivity contribution in [3.63, 3.8) is 0 Å². The fraction of sp³-hybridized carbons (Fsp3) is 0.130. The van der Waals surface area contributed by atoms with Gasteiger partial charge in [0.2, 0.25) is 0 Å². The Bertz CT molecular complexity index is 1180. The molecule has 0 spiro atoms. The van der Waals surface area contributed by atoms with E-state index in [2.05, 4.69) is 20.3 Å². The van der Waals surface area contributed by atoms with E-state index < -0.39 is 0 Å². The zero-order valence-electron chi connectivity index (χ0n) is 16.5. The number of halogens is 1. The molecule has 2 heterocycles. The Kier molecular flexibility index (Phi) is 5.63. The van der Waals surface area contributed by atoms with Gasteiger partial charge >= 0.3 is 0 Å². The average Bonchev–Trinajstić information content (AvgIpc) is 3.29. The standard InChI is InChI=1S/C23H19FN4OS/c1-14-3-4-19(20(24)9-14)16-10-17(12-18(11-16)23-27-7-8-30-23)22(29)28-15(2)21-13-25-5-6-26-21/h3-13,15H,1-2H3,(H,28,29). The van der Waals surface area contributed by atoms with Crippen LogP contribution in [0.3, 0.4) is 0 Å². The van der Waals surface area contributed by atoms with Crippen molar-refractivity contribution >= 4 is 17.2 Å². The molecule has 30 heavy (non-hydrogen) atoms. The lowest BCUT2D eigenvalue weighted by Gasteiger charge is -2.15. The number of rotatable bonds is 5. The number of carbonyl (C=O) groups is 1. The van der Waals surface area contributed by atoms with Gasteiger partial charge in [-0.25, -0.2) is 9.37 Å². The van der Waals surface area contributed by atoms with E-state index in [9.17, 15) is 9.18 Å². The van der Waals surface area contributed by atoms with Gasteiger partial charge in [-0.1, -0.05) is 12.1 Å². The third-order valence-corrected chi connectivity index (χ3v) is 5.51. The van der Waals surface area contributed by atoms with Crippen LogP contribution in [0.4, 0.5) is 4.39 Å². The summed E-state index contributed by atoms with van der Waals surface area (Å²) in [6.45, 7) is 3.68. The zero-order chi connectivity index (χ0) is 21.1. The van der Waals surface area contributed by atoms with Crippen LogP contribution in [0.2, 0.25) is 0 Å². The second-order valence-corrected chi connectivity index (χ2v) is 7.84. The summed E-state index contributed by atoms with van der Waals surface area (Å²) in [7, 11) is 0. The first-order valence-corrected chi connectivity index (χ1v) is 10.3. The molecule has 7 heteroatoms. The molecular formula is C23H19FN4OS. The highest BCUT2D eigenvalue weighted by Gasteiger charge is 2.17. The molecule has 0 saturated heterocycles. The molecule has 0 saturated carbocycles. The van der Waals surface area contributed by atoms with Crippen LogP contribution >= 0.6 is 11.3 Å². The lowest BCUT2D eigenvalue weighted by molar-refractivity contribution is 0.0939. The van der Waals surface area contributed by atoms with Crippen molar-refractivity contribution in [1.82, 2.24) is 20.3 Å². The Morgan fingerprint density at radius 2 is 1.90 bits per heavy atom. The third-order valence-electron chi connectivity index (χ3n) is 4.68. The molecule has 0 aliphatic carbocycles. The van der Waals surface area contributed by atoms with Crippen LogP contribution in [0.25, 0.3) is 21.7 Å². The van der Waals surface area contributed by atoms with Gasteiger partial charge in [-0.3, -0.25) is 14.8 Å². The predicted molar refractivity (Wildman–Crippen MR) is 116 cm³/mol. The van der Waals surface area contributed by atoms with Gasteiger partial charge in [0.05, 0.1) is 17.9 Å². The van der Waals surface area contributed by atoms with Crippen LogP contribution in [0.15, 0.2) is 66.6 Å². The van der Waals surface area contributed by atoms with Crippen molar-refractivity contribution in [3.05, 3.63) is 89.2 Å². The summed E-state index contributed by atoms with van der Waals surface area (Å²) in [5.74, 6) is -0.606. The summed E-state index contributed by atoms with van der Waals surface area (Å²) < 4.78 is 14.6. The molecule has 0 bridgehead atoms. The first-order chi connectivity index (χ1) is 14.5. The number of benzene rings is 2. The molecule has 0 aliphatic heterocycles. The molecule has 0 fully saturated rings. The van der Waals surface area contributed by atoms with Gasteiger partial charge < -0.3 is 5.32 Å². The SMILES string of the molecule is Cc1ccc(-c2cc(C(=O)NC(C)c3cnccn3)cc(-c3nccs3)c2)c(F)c1. The lowest BCUT2D eigenvalue weighted by atomic mass is 9.98. The first kappa shape index (κ1) is 19.8. The van der Waals surface area contributed by atoms with Crippen LogP contribution in [-0.2, 0) is 0 Å². The number of hydrogen-bond acceptors (Lipinski definition) is 5. The van der Waals surface area contributed by atoms with Crippen LogP contribution < -0.4 is 5.32 Å². The van der Waals surface area contributed by atoms with Crippen molar-refractivity contribution in [2.45, 2.75) is 19.9 Å². The summed E-state index contributed by atoms with van der Waals surface area (Å²) >= 11 is 1.46. The normalized spacial score (nSPS) is 11.8. The number of nitrogens with zero attached hydrogens (tertiary/aromatic N) is 3. The quantitative estimate of drug-likeness (QED) is 0.483. The molecule has 2 aromatic heterocycles. The smallest absolute Gasteiger partial charge is 0.251 e. The molecular weight excluding hydrogens is 399 g/mol. The monoisotopic (exact) mass is 418 g/mol. The molecule has 1 amide bonds. The van der Waals surface area contributed by atoms with E-state index in [1.165, 1.54) is 17.4 Å². The van der Waals surface area contributed by atoms with Crippen molar-refractivity contribution in [3.8, 4) is 21.7 Å². The van der Waals surface area contributed by atoms with E-state index in [1.54, 1.807) is 43.0 Å². The Hall–Kier alpha value is -3.45. The lowest BCUT2D eigenvalue weighted by Crippen LogP contribution is -2.27. The van der Waals surface area contributed by atoms with Crippen LogP contribution in [0.1, 0.15) is 34.6 Å². The first-order valence-electron chi connectivity index (χ1n) is 9.39. The van der Waals surface area contributed by atoms with E-state index in [0.717, 1.165) is 16.1 Å². The minimum absolute atomic E-state index is 0.277. The Balaban J connectivity index is 1.73. The molecule has 4 aromatic rings. The number of amides is 1. The molecule has 150 valence electrons. The van der Waals surface area contributed by atoms with Crippen molar-refractivity contribution in [2.24, 2.45) is 0 Å². The van der Waals surface area contributed by atoms with Gasteiger partial charge in [-0.05, 0) is 49.2 Å². The highest BCUT2D eigenvalue weighted by Crippen LogP contribution is 2.31. The van der Waals surface area contributed by atoms with Crippen molar-refractivity contribution in [1.29, 1.82) is 0 Å². The molecule has 5 nitrogen and oxygen atoms in total. The fourth-order valence-corrected chi connectivity index (χ4v) is 3.77. The number of aromatic nitrogens is 3. The number of carbonyl (C=O) groups excluding carboxylic acids is 1.